The van der Waals surface area contributed by atoms with Gasteiger partial charge in [-0.2, -0.15) is 0 Å². The number of carboxylic acid groups (broad SMARTS) is 1. The fourth-order valence-electron chi connectivity index (χ4n) is 4.15. The minimum absolute atomic E-state index is 0.130. The van der Waals surface area contributed by atoms with E-state index in [4.69, 9.17) is 13.8 Å². The quantitative estimate of drug-likeness (QED) is 0.0248. The molecule has 3 unspecified atom stereocenters. The fraction of sp³-hybridized carbons (Fsp3) is 0.686. The summed E-state index contributed by atoms with van der Waals surface area (Å²) < 4.78 is 26.6. The van der Waals surface area contributed by atoms with Gasteiger partial charge in [0.05, 0.1) is 13.2 Å². The van der Waals surface area contributed by atoms with Crippen LogP contribution >= 0.6 is 7.82 Å². The molecule has 0 aromatic rings. The highest BCUT2D eigenvalue weighted by Crippen LogP contribution is 2.43. The summed E-state index contributed by atoms with van der Waals surface area (Å²) in [5.74, 6) is -2.43. The third-order valence-corrected chi connectivity index (χ3v) is 7.78. The Bertz CT molecular complexity index is 995. The SMILES string of the molecule is CC/C=C\C/C=C\C/C=C\CCCCCC(=O)OCC(O)COP(=O)(O)OCC(NC(=O)CCCCCCC/C=C\CCC)C(=O)O. The summed E-state index contributed by atoms with van der Waals surface area (Å²) in [5.41, 5.74) is 0. The Morgan fingerprint density at radius 3 is 1.89 bits per heavy atom. The number of allylic oxidation sites excluding steroid dienone is 8. The van der Waals surface area contributed by atoms with Crippen LogP contribution in [-0.4, -0.2) is 64.9 Å². The molecule has 0 saturated heterocycles. The topological polar surface area (TPSA) is 169 Å². The Morgan fingerprint density at radius 2 is 1.23 bits per heavy atom. The number of carbonyl (C=O) groups is 3. The van der Waals surface area contributed by atoms with Crippen LogP contribution < -0.4 is 5.32 Å². The van der Waals surface area contributed by atoms with Gasteiger partial charge in [0.15, 0.2) is 6.04 Å². The first-order valence-corrected chi connectivity index (χ1v) is 18.7. The summed E-state index contributed by atoms with van der Waals surface area (Å²) in [5, 5.41) is 21.6. The van der Waals surface area contributed by atoms with Gasteiger partial charge in [-0.25, -0.2) is 9.36 Å². The number of hydrogen-bond donors (Lipinski definition) is 4. The number of aliphatic hydroxyl groups excluding tert-OH is 1. The molecule has 270 valence electrons. The first-order chi connectivity index (χ1) is 22.6. The van der Waals surface area contributed by atoms with E-state index in [0.29, 0.717) is 12.8 Å². The number of carbonyl (C=O) groups excluding carboxylic acids is 2. The summed E-state index contributed by atoms with van der Waals surface area (Å²) in [6.07, 6.45) is 30.2. The number of phosphoric acid groups is 1. The number of esters is 1. The molecule has 12 heteroatoms. The van der Waals surface area contributed by atoms with Gasteiger partial charge in [-0.1, -0.05) is 94.6 Å². The van der Waals surface area contributed by atoms with Crippen molar-refractivity contribution in [2.24, 2.45) is 0 Å². The molecule has 0 spiro atoms. The van der Waals surface area contributed by atoms with Crippen LogP contribution in [0.2, 0.25) is 0 Å². The lowest BCUT2D eigenvalue weighted by Gasteiger charge is -2.18. The summed E-state index contributed by atoms with van der Waals surface area (Å²) in [6.45, 7) is 2.32. The number of phosphoric ester groups is 1. The van der Waals surface area contributed by atoms with Crippen LogP contribution in [0.4, 0.5) is 0 Å². The number of carboxylic acids is 1. The maximum Gasteiger partial charge on any atom is 0.472 e. The monoisotopic (exact) mass is 685 g/mol. The van der Waals surface area contributed by atoms with Crippen molar-refractivity contribution in [1.29, 1.82) is 0 Å². The molecule has 0 radical (unpaired) electrons. The minimum Gasteiger partial charge on any atom is -0.480 e. The first kappa shape index (κ1) is 44.4. The van der Waals surface area contributed by atoms with Crippen LogP contribution in [-0.2, 0) is 32.7 Å². The van der Waals surface area contributed by atoms with Gasteiger partial charge in [-0.15, -0.1) is 0 Å². The highest BCUT2D eigenvalue weighted by Gasteiger charge is 2.28. The van der Waals surface area contributed by atoms with Crippen molar-refractivity contribution in [2.45, 2.75) is 135 Å². The number of amides is 1. The molecule has 47 heavy (non-hydrogen) atoms. The largest absolute Gasteiger partial charge is 0.480 e. The maximum absolute atomic E-state index is 12.2. The fourth-order valence-corrected chi connectivity index (χ4v) is 4.92. The van der Waals surface area contributed by atoms with Crippen LogP contribution in [0.5, 0.6) is 0 Å². The molecule has 0 aromatic heterocycles. The minimum atomic E-state index is -4.75. The molecule has 0 aliphatic heterocycles. The molecule has 0 heterocycles. The Labute approximate surface area is 282 Å². The smallest absolute Gasteiger partial charge is 0.472 e. The van der Waals surface area contributed by atoms with Gasteiger partial charge >= 0.3 is 19.8 Å². The van der Waals surface area contributed by atoms with Crippen LogP contribution in [0.3, 0.4) is 0 Å². The number of unbranched alkanes of at least 4 members (excludes halogenated alkanes) is 9. The third kappa shape index (κ3) is 30.5. The Morgan fingerprint density at radius 1 is 0.702 bits per heavy atom. The van der Waals surface area contributed by atoms with Gasteiger partial charge in [0.2, 0.25) is 5.91 Å². The van der Waals surface area contributed by atoms with Crippen molar-refractivity contribution in [3.8, 4) is 0 Å². The molecular weight excluding hydrogens is 625 g/mol. The lowest BCUT2D eigenvalue weighted by Crippen LogP contribution is -2.43. The van der Waals surface area contributed by atoms with E-state index in [-0.39, 0.29) is 12.8 Å². The van der Waals surface area contributed by atoms with Crippen molar-refractivity contribution >= 4 is 25.7 Å². The summed E-state index contributed by atoms with van der Waals surface area (Å²) in [4.78, 5) is 45.5. The summed E-state index contributed by atoms with van der Waals surface area (Å²) >= 11 is 0. The highest BCUT2D eigenvalue weighted by atomic mass is 31.2. The van der Waals surface area contributed by atoms with Gasteiger partial charge in [0.1, 0.15) is 12.7 Å². The normalized spacial score (nSPS) is 14.6. The Kier molecular flexibility index (Phi) is 29.1. The second-order valence-electron chi connectivity index (χ2n) is 11.3. The second-order valence-corrected chi connectivity index (χ2v) is 12.8. The molecule has 3 atom stereocenters. The average Bonchev–Trinajstić information content (AvgIpc) is 3.04. The molecule has 0 fully saturated rings. The van der Waals surface area contributed by atoms with E-state index in [9.17, 15) is 34.1 Å². The molecule has 1 amide bonds. The van der Waals surface area contributed by atoms with E-state index >= 15 is 0 Å². The molecule has 0 aliphatic rings. The van der Waals surface area contributed by atoms with Gasteiger partial charge < -0.3 is 25.2 Å². The molecule has 0 rings (SSSR count). The number of aliphatic hydroxyl groups is 1. The molecule has 4 N–H and O–H groups in total. The lowest BCUT2D eigenvalue weighted by molar-refractivity contribution is -0.147. The zero-order valence-corrected chi connectivity index (χ0v) is 29.5. The highest BCUT2D eigenvalue weighted by molar-refractivity contribution is 7.47. The van der Waals surface area contributed by atoms with Crippen molar-refractivity contribution in [1.82, 2.24) is 5.32 Å². The van der Waals surface area contributed by atoms with E-state index in [1.54, 1.807) is 0 Å². The van der Waals surface area contributed by atoms with Crippen LogP contribution in [0.25, 0.3) is 0 Å². The van der Waals surface area contributed by atoms with E-state index in [1.807, 2.05) is 0 Å². The Hall–Kier alpha value is -2.56. The number of aliphatic carboxylic acids is 1. The summed E-state index contributed by atoms with van der Waals surface area (Å²) in [6, 6.07) is -1.55. The molecule has 0 saturated carbocycles. The predicted molar refractivity (Wildman–Crippen MR) is 185 cm³/mol. The Balaban J connectivity index is 4.06. The van der Waals surface area contributed by atoms with Gasteiger partial charge in [-0.05, 0) is 64.2 Å². The van der Waals surface area contributed by atoms with Gasteiger partial charge in [0.25, 0.3) is 0 Å². The van der Waals surface area contributed by atoms with E-state index in [1.165, 1.54) is 0 Å². The van der Waals surface area contributed by atoms with Crippen molar-refractivity contribution in [3.63, 3.8) is 0 Å². The summed E-state index contributed by atoms with van der Waals surface area (Å²) in [7, 11) is -4.75. The third-order valence-electron chi connectivity index (χ3n) is 6.83. The number of hydrogen-bond acceptors (Lipinski definition) is 8. The van der Waals surface area contributed by atoms with E-state index in [0.717, 1.165) is 83.5 Å². The average molecular weight is 686 g/mol. The second kappa shape index (κ2) is 30.8. The van der Waals surface area contributed by atoms with E-state index in [2.05, 4.69) is 67.8 Å². The standard InChI is InChI=1S/C35H60NO10P/c1-3-5-7-9-11-13-15-16-17-19-21-23-25-27-34(39)44-28-31(37)29-45-47(42,43)46-30-32(35(40)41)36-33(38)26-24-22-20-18-14-12-10-8-6-4-2/h5,7-8,10-11,13,16-17,31-32,37H,3-4,6,9,12,14-15,18-30H2,1-2H3,(H,36,38)(H,40,41)(H,42,43)/b7-5-,10-8-,13-11-,17-16-. The van der Waals surface area contributed by atoms with Gasteiger partial charge in [-0.3, -0.25) is 18.6 Å². The van der Waals surface area contributed by atoms with Crippen LogP contribution in [0.15, 0.2) is 48.6 Å². The first-order valence-electron chi connectivity index (χ1n) is 17.2. The molecule has 0 aromatic carbocycles. The van der Waals surface area contributed by atoms with Crippen LogP contribution in [0, 0.1) is 0 Å². The zero-order chi connectivity index (χ0) is 35.0. The molecule has 0 aliphatic carbocycles. The number of rotatable bonds is 31. The van der Waals surface area contributed by atoms with Crippen molar-refractivity contribution in [2.75, 3.05) is 19.8 Å². The molecule has 0 bridgehead atoms. The van der Waals surface area contributed by atoms with Gasteiger partial charge in [0, 0.05) is 12.8 Å². The number of ether oxygens (including phenoxy) is 1. The van der Waals surface area contributed by atoms with E-state index < -0.39 is 57.6 Å². The lowest BCUT2D eigenvalue weighted by atomic mass is 10.1. The predicted octanol–water partition coefficient (Wildman–Crippen LogP) is 7.49. The number of nitrogens with one attached hydrogen (secondary N) is 1. The van der Waals surface area contributed by atoms with Crippen LogP contribution in [0.1, 0.15) is 123 Å². The molecular formula is C35H60NO10P. The van der Waals surface area contributed by atoms with Crippen molar-refractivity contribution in [3.05, 3.63) is 48.6 Å². The maximum atomic E-state index is 12.2. The molecule has 11 nitrogen and oxygen atoms in total. The zero-order valence-electron chi connectivity index (χ0n) is 28.6. The van der Waals surface area contributed by atoms with Crippen molar-refractivity contribution < 1.29 is 47.8 Å².